The third-order valence-corrected chi connectivity index (χ3v) is 6.75. The van der Waals surface area contributed by atoms with Gasteiger partial charge in [0.15, 0.2) is 11.5 Å². The fourth-order valence-corrected chi connectivity index (χ4v) is 4.65. The van der Waals surface area contributed by atoms with E-state index in [0.29, 0.717) is 33.6 Å². The van der Waals surface area contributed by atoms with Crippen molar-refractivity contribution in [2.45, 2.75) is 4.90 Å². The van der Waals surface area contributed by atoms with Gasteiger partial charge in [0.2, 0.25) is 12.7 Å². The van der Waals surface area contributed by atoms with Crippen LogP contribution < -0.4 is 23.8 Å². The Labute approximate surface area is 190 Å². The van der Waals surface area contributed by atoms with Crippen LogP contribution >= 0.6 is 11.6 Å². The molecule has 1 N–H and O–H groups in total. The second-order valence-electron chi connectivity index (χ2n) is 6.78. The fourth-order valence-electron chi connectivity index (χ4n) is 3.10. The van der Waals surface area contributed by atoms with Crippen molar-refractivity contribution in [3.63, 3.8) is 0 Å². The van der Waals surface area contributed by atoms with Crippen LogP contribution in [0.2, 0.25) is 5.02 Å². The summed E-state index contributed by atoms with van der Waals surface area (Å²) in [4.78, 5) is 12.8. The van der Waals surface area contributed by atoms with E-state index >= 15 is 0 Å². The number of anilines is 2. The van der Waals surface area contributed by atoms with Crippen molar-refractivity contribution in [2.75, 3.05) is 30.1 Å². The third kappa shape index (κ3) is 4.58. The minimum absolute atomic E-state index is 0.0177. The molecule has 10 heteroatoms. The summed E-state index contributed by atoms with van der Waals surface area (Å²) in [6.07, 6.45) is 0. The Balaban J connectivity index is 1.61. The highest BCUT2D eigenvalue weighted by atomic mass is 35.5. The highest BCUT2D eigenvalue weighted by molar-refractivity contribution is 7.92. The van der Waals surface area contributed by atoms with Gasteiger partial charge in [-0.05, 0) is 60.7 Å². The van der Waals surface area contributed by atoms with Gasteiger partial charge in [0, 0.05) is 16.8 Å². The number of nitrogens with zero attached hydrogens (tertiary/aromatic N) is 1. The van der Waals surface area contributed by atoms with E-state index in [1.165, 1.54) is 31.4 Å². The number of halogens is 1. The molecule has 0 unspecified atom stereocenters. The molecule has 1 aliphatic rings. The van der Waals surface area contributed by atoms with E-state index < -0.39 is 22.5 Å². The number of amides is 1. The molecule has 4 rings (SSSR count). The maximum atomic E-state index is 13.4. The fraction of sp³-hybridized carbons (Fsp3) is 0.136. The van der Waals surface area contributed by atoms with Crippen LogP contribution in [0.25, 0.3) is 0 Å². The van der Waals surface area contributed by atoms with Crippen LogP contribution in [-0.2, 0) is 14.8 Å². The predicted octanol–water partition coefficient (Wildman–Crippen LogP) is 3.91. The lowest BCUT2D eigenvalue weighted by atomic mass is 10.2. The molecule has 1 amide bonds. The van der Waals surface area contributed by atoms with Crippen molar-refractivity contribution in [1.82, 2.24) is 0 Å². The van der Waals surface area contributed by atoms with E-state index in [9.17, 15) is 13.2 Å². The highest BCUT2D eigenvalue weighted by Gasteiger charge is 2.27. The zero-order valence-electron chi connectivity index (χ0n) is 16.9. The molecule has 3 aromatic carbocycles. The molecule has 0 saturated heterocycles. The Morgan fingerprint density at radius 3 is 2.41 bits per heavy atom. The number of hydrogen-bond donors (Lipinski definition) is 1. The lowest BCUT2D eigenvalue weighted by Gasteiger charge is -2.24. The first-order valence-corrected chi connectivity index (χ1v) is 11.3. The second kappa shape index (κ2) is 8.97. The van der Waals surface area contributed by atoms with Crippen molar-refractivity contribution < 1.29 is 27.4 Å². The molecule has 0 aliphatic carbocycles. The summed E-state index contributed by atoms with van der Waals surface area (Å²) in [5.41, 5.74) is 0.753. The number of sulfonamides is 1. The van der Waals surface area contributed by atoms with E-state index in [1.807, 2.05) is 0 Å². The standard InChI is InChI=1S/C22H19ClN2O6S/c1-29-18-7-9-19(10-8-18)32(27,28)25(17-5-2-15(23)3-6-17)13-22(26)24-16-4-11-20-21(12-16)31-14-30-20/h2-12H,13-14H2,1H3,(H,24,26). The first kappa shape index (κ1) is 21.8. The van der Waals surface area contributed by atoms with Crippen LogP contribution in [0.4, 0.5) is 11.4 Å². The van der Waals surface area contributed by atoms with Gasteiger partial charge in [-0.15, -0.1) is 0 Å². The van der Waals surface area contributed by atoms with Crippen molar-refractivity contribution in [3.05, 3.63) is 71.8 Å². The van der Waals surface area contributed by atoms with Gasteiger partial charge in [0.25, 0.3) is 10.0 Å². The number of rotatable bonds is 7. The lowest BCUT2D eigenvalue weighted by Crippen LogP contribution is -2.38. The number of nitrogens with one attached hydrogen (secondary N) is 1. The number of carbonyl (C=O) groups is 1. The smallest absolute Gasteiger partial charge is 0.264 e. The Hall–Kier alpha value is -3.43. The van der Waals surface area contributed by atoms with Gasteiger partial charge < -0.3 is 19.5 Å². The molecule has 0 spiro atoms. The van der Waals surface area contributed by atoms with Crippen molar-refractivity contribution in [2.24, 2.45) is 0 Å². The molecule has 1 aliphatic heterocycles. The number of carbonyl (C=O) groups excluding carboxylic acids is 1. The predicted molar refractivity (Wildman–Crippen MR) is 120 cm³/mol. The van der Waals surface area contributed by atoms with Gasteiger partial charge in [0.1, 0.15) is 12.3 Å². The number of methoxy groups -OCH3 is 1. The maximum Gasteiger partial charge on any atom is 0.264 e. The first-order valence-electron chi connectivity index (χ1n) is 9.49. The molecule has 0 bridgehead atoms. The van der Waals surface area contributed by atoms with Crippen LogP contribution in [0.3, 0.4) is 0 Å². The molecule has 0 atom stereocenters. The van der Waals surface area contributed by atoms with E-state index in [0.717, 1.165) is 4.31 Å². The summed E-state index contributed by atoms with van der Waals surface area (Å²) >= 11 is 5.96. The molecule has 166 valence electrons. The van der Waals surface area contributed by atoms with Gasteiger partial charge >= 0.3 is 0 Å². The van der Waals surface area contributed by atoms with Crippen molar-refractivity contribution in [3.8, 4) is 17.2 Å². The SMILES string of the molecule is COc1ccc(S(=O)(=O)N(CC(=O)Nc2ccc3c(c2)OCO3)c2ccc(Cl)cc2)cc1. The molecule has 0 radical (unpaired) electrons. The average molecular weight is 475 g/mol. The van der Waals surface area contributed by atoms with Crippen molar-refractivity contribution in [1.29, 1.82) is 0 Å². The number of ether oxygens (including phenoxy) is 3. The molecule has 1 heterocycles. The van der Waals surface area contributed by atoms with Crippen LogP contribution in [0, 0.1) is 0 Å². The van der Waals surface area contributed by atoms with E-state index in [4.69, 9.17) is 25.8 Å². The number of fused-ring (bicyclic) bond motifs is 1. The Morgan fingerprint density at radius 2 is 1.72 bits per heavy atom. The third-order valence-electron chi connectivity index (χ3n) is 4.71. The molecule has 32 heavy (non-hydrogen) atoms. The van der Waals surface area contributed by atoms with E-state index in [2.05, 4.69) is 5.32 Å². The van der Waals surface area contributed by atoms with Crippen LogP contribution in [0.5, 0.6) is 17.2 Å². The maximum absolute atomic E-state index is 13.4. The summed E-state index contributed by atoms with van der Waals surface area (Å²) < 4.78 is 43.5. The van der Waals surface area contributed by atoms with Crippen LogP contribution in [0.15, 0.2) is 71.6 Å². The topological polar surface area (TPSA) is 94.2 Å². The van der Waals surface area contributed by atoms with Gasteiger partial charge in [-0.2, -0.15) is 0 Å². The second-order valence-corrected chi connectivity index (χ2v) is 9.08. The highest BCUT2D eigenvalue weighted by Crippen LogP contribution is 2.34. The van der Waals surface area contributed by atoms with E-state index in [1.54, 1.807) is 42.5 Å². The molecule has 0 saturated carbocycles. The molecule has 0 fully saturated rings. The zero-order chi connectivity index (χ0) is 22.7. The van der Waals surface area contributed by atoms with Gasteiger partial charge in [-0.25, -0.2) is 8.42 Å². The minimum Gasteiger partial charge on any atom is -0.497 e. The summed E-state index contributed by atoms with van der Waals surface area (Å²) in [5, 5.41) is 3.14. The van der Waals surface area contributed by atoms with E-state index in [-0.39, 0.29) is 11.7 Å². The van der Waals surface area contributed by atoms with Gasteiger partial charge in [-0.1, -0.05) is 11.6 Å². The van der Waals surface area contributed by atoms with Crippen molar-refractivity contribution >= 4 is 38.9 Å². The van der Waals surface area contributed by atoms with Crippen LogP contribution in [0.1, 0.15) is 0 Å². The van der Waals surface area contributed by atoms with Gasteiger partial charge in [-0.3, -0.25) is 9.10 Å². The van der Waals surface area contributed by atoms with Gasteiger partial charge in [0.05, 0.1) is 17.7 Å². The summed E-state index contributed by atoms with van der Waals surface area (Å²) in [7, 11) is -2.57. The number of hydrogen-bond acceptors (Lipinski definition) is 6. The summed E-state index contributed by atoms with van der Waals surface area (Å²) in [6.45, 7) is -0.346. The Bertz CT molecular complexity index is 1230. The minimum atomic E-state index is -4.06. The normalized spacial score (nSPS) is 12.3. The molecular formula is C22H19ClN2O6S. The lowest BCUT2D eigenvalue weighted by molar-refractivity contribution is -0.114. The molecule has 8 nitrogen and oxygen atoms in total. The molecule has 0 aromatic heterocycles. The Kier molecular flexibility index (Phi) is 6.11. The largest absolute Gasteiger partial charge is 0.497 e. The molecular weight excluding hydrogens is 456 g/mol. The first-order chi connectivity index (χ1) is 15.4. The summed E-state index contributed by atoms with van der Waals surface area (Å²) in [5.74, 6) is 1.06. The average Bonchev–Trinajstić information content (AvgIpc) is 3.26. The number of benzene rings is 3. The monoisotopic (exact) mass is 474 g/mol. The molecule has 3 aromatic rings. The quantitative estimate of drug-likeness (QED) is 0.558. The Morgan fingerprint density at radius 1 is 1.03 bits per heavy atom. The van der Waals surface area contributed by atoms with Crippen LogP contribution in [-0.4, -0.2) is 34.8 Å². The summed E-state index contributed by atoms with van der Waals surface area (Å²) in [6, 6.07) is 17.1. The zero-order valence-corrected chi connectivity index (χ0v) is 18.5.